The molecule has 0 N–H and O–H groups in total. The summed E-state index contributed by atoms with van der Waals surface area (Å²) >= 11 is 0. The van der Waals surface area contributed by atoms with E-state index in [4.69, 9.17) is 10.00 Å². The first-order valence-electron chi connectivity index (χ1n) is 8.01. The molecule has 0 aromatic heterocycles. The highest BCUT2D eigenvalue weighted by Crippen LogP contribution is 2.38. The van der Waals surface area contributed by atoms with Crippen molar-refractivity contribution in [2.45, 2.75) is 26.7 Å². The van der Waals surface area contributed by atoms with Crippen LogP contribution in [0.5, 0.6) is 0 Å². The van der Waals surface area contributed by atoms with Crippen molar-refractivity contribution in [3.63, 3.8) is 0 Å². The number of hydrogen-bond acceptors (Lipinski definition) is 3. The van der Waals surface area contributed by atoms with E-state index in [0.717, 1.165) is 34.0 Å². The third-order valence-corrected chi connectivity index (χ3v) is 4.12. The minimum Gasteiger partial charge on any atom is -0.463 e. The third kappa shape index (κ3) is 2.91. The Kier molecular flexibility index (Phi) is 4.39. The van der Waals surface area contributed by atoms with Gasteiger partial charge in [0.05, 0.1) is 11.8 Å². The van der Waals surface area contributed by atoms with E-state index in [2.05, 4.69) is 37.8 Å². The van der Waals surface area contributed by atoms with Gasteiger partial charge in [-0.05, 0) is 31.6 Å². The molecule has 3 rings (SSSR count). The highest BCUT2D eigenvalue weighted by molar-refractivity contribution is 5.81. The average Bonchev–Trinajstić information content (AvgIpc) is 2.68. The number of benzene rings is 1. The van der Waals surface area contributed by atoms with E-state index < -0.39 is 0 Å². The van der Waals surface area contributed by atoms with Gasteiger partial charge in [-0.2, -0.15) is 5.26 Å². The Morgan fingerprint density at radius 3 is 2.83 bits per heavy atom. The van der Waals surface area contributed by atoms with Crippen LogP contribution in [0.3, 0.4) is 0 Å². The lowest BCUT2D eigenvalue weighted by atomic mass is 9.99. The van der Waals surface area contributed by atoms with Crippen LogP contribution in [0.15, 0.2) is 78.2 Å². The fourth-order valence-corrected chi connectivity index (χ4v) is 3.04. The molecule has 0 spiro atoms. The van der Waals surface area contributed by atoms with E-state index in [0.29, 0.717) is 12.8 Å². The molecule has 24 heavy (non-hydrogen) atoms. The maximum atomic E-state index is 8.94. The Morgan fingerprint density at radius 2 is 2.08 bits per heavy atom. The summed E-state index contributed by atoms with van der Waals surface area (Å²) in [5.41, 5.74) is 5.08. The average molecular weight is 316 g/mol. The van der Waals surface area contributed by atoms with Crippen molar-refractivity contribution in [2.24, 2.45) is 0 Å². The van der Waals surface area contributed by atoms with Crippen LogP contribution in [0.25, 0.3) is 5.57 Å². The summed E-state index contributed by atoms with van der Waals surface area (Å²) in [7, 11) is 0. The molecule has 0 aliphatic carbocycles. The first-order valence-corrected chi connectivity index (χ1v) is 8.01. The van der Waals surface area contributed by atoms with E-state index >= 15 is 0 Å². The number of nitrogens with zero attached hydrogens (tertiary/aromatic N) is 2. The van der Waals surface area contributed by atoms with Gasteiger partial charge in [-0.15, -0.1) is 0 Å². The Bertz CT molecular complexity index is 847. The van der Waals surface area contributed by atoms with Gasteiger partial charge in [0.1, 0.15) is 11.5 Å². The lowest BCUT2D eigenvalue weighted by Gasteiger charge is -2.26. The first kappa shape index (κ1) is 15.9. The molecular formula is C21H20N2O. The van der Waals surface area contributed by atoms with Crippen LogP contribution in [0, 0.1) is 18.3 Å². The van der Waals surface area contributed by atoms with Gasteiger partial charge in [-0.25, -0.2) is 0 Å². The molecular weight excluding hydrogens is 296 g/mol. The Balaban J connectivity index is 2.11. The van der Waals surface area contributed by atoms with Crippen LogP contribution < -0.4 is 0 Å². The Morgan fingerprint density at radius 1 is 1.25 bits per heavy atom. The minimum absolute atomic E-state index is 0.420. The summed E-state index contributed by atoms with van der Waals surface area (Å²) in [6, 6.07) is 10.5. The molecule has 0 atom stereocenters. The van der Waals surface area contributed by atoms with Gasteiger partial charge in [0.25, 0.3) is 0 Å². The fraction of sp³-hybridized carbons (Fsp3) is 0.190. The standard InChI is InChI=1S/C21H20N2O/c1-15-8-6-9-18(14-15)21-16(2)23-13-5-4-10-19(23)20(11-7-12-22)24-17(21)3/h4-6,8-10,13-14H,2,7,11H2,1,3H3. The normalized spacial score (nSPS) is 16.7. The minimum atomic E-state index is 0.420. The number of aryl methyl sites for hydroxylation is 1. The van der Waals surface area contributed by atoms with Crippen molar-refractivity contribution in [2.75, 3.05) is 0 Å². The Hall–Kier alpha value is -2.99. The molecule has 3 nitrogen and oxygen atoms in total. The summed E-state index contributed by atoms with van der Waals surface area (Å²) in [6.07, 6.45) is 8.94. The second-order valence-corrected chi connectivity index (χ2v) is 5.89. The summed E-state index contributed by atoms with van der Waals surface area (Å²) in [5.74, 6) is 1.61. The number of fused-ring (bicyclic) bond motifs is 1. The summed E-state index contributed by atoms with van der Waals surface area (Å²) in [6.45, 7) is 8.35. The van der Waals surface area contributed by atoms with Crippen molar-refractivity contribution >= 4 is 5.57 Å². The third-order valence-electron chi connectivity index (χ3n) is 4.12. The molecule has 0 radical (unpaired) electrons. The fourth-order valence-electron chi connectivity index (χ4n) is 3.04. The summed E-state index contributed by atoms with van der Waals surface area (Å²) in [4.78, 5) is 2.04. The maximum Gasteiger partial charge on any atom is 0.129 e. The van der Waals surface area contributed by atoms with Crippen molar-refractivity contribution in [1.29, 1.82) is 5.26 Å². The molecule has 120 valence electrons. The zero-order chi connectivity index (χ0) is 17.1. The summed E-state index contributed by atoms with van der Waals surface area (Å²) in [5, 5.41) is 8.94. The molecule has 0 unspecified atom stereocenters. The lowest BCUT2D eigenvalue weighted by molar-refractivity contribution is 0.288. The molecule has 1 aromatic rings. The van der Waals surface area contributed by atoms with Crippen LogP contribution in [0.4, 0.5) is 0 Å². The van der Waals surface area contributed by atoms with Crippen LogP contribution in [-0.2, 0) is 4.74 Å². The molecule has 1 aromatic carbocycles. The van der Waals surface area contributed by atoms with Gasteiger partial charge in [0.2, 0.25) is 0 Å². The van der Waals surface area contributed by atoms with Gasteiger partial charge < -0.3 is 9.64 Å². The van der Waals surface area contributed by atoms with Crippen LogP contribution >= 0.6 is 0 Å². The molecule has 0 amide bonds. The van der Waals surface area contributed by atoms with Crippen molar-refractivity contribution in [3.05, 3.63) is 89.3 Å². The first-order chi connectivity index (χ1) is 11.6. The van der Waals surface area contributed by atoms with Gasteiger partial charge >= 0.3 is 0 Å². The number of hydrogen-bond donors (Lipinski definition) is 0. The predicted octanol–water partition coefficient (Wildman–Crippen LogP) is 5.17. The SMILES string of the molecule is C=C1C(c2cccc(C)c2)=C(C)OC(CCC#N)=C2C=CC=CN12. The number of nitriles is 1. The number of rotatable bonds is 3. The molecule has 0 fully saturated rings. The van der Waals surface area contributed by atoms with Crippen LogP contribution in [-0.4, -0.2) is 4.90 Å². The van der Waals surface area contributed by atoms with E-state index in [1.165, 1.54) is 5.56 Å². The highest BCUT2D eigenvalue weighted by atomic mass is 16.5. The highest BCUT2D eigenvalue weighted by Gasteiger charge is 2.26. The number of ether oxygens (including phenoxy) is 1. The molecule has 0 bridgehead atoms. The maximum absolute atomic E-state index is 8.94. The van der Waals surface area contributed by atoms with E-state index in [1.807, 2.05) is 42.3 Å². The second-order valence-electron chi connectivity index (χ2n) is 5.89. The predicted molar refractivity (Wildman–Crippen MR) is 96.0 cm³/mol. The number of allylic oxidation sites excluding steroid dienone is 6. The van der Waals surface area contributed by atoms with Gasteiger partial charge in [0, 0.05) is 30.3 Å². The van der Waals surface area contributed by atoms with Gasteiger partial charge in [-0.3, -0.25) is 0 Å². The molecule has 0 saturated heterocycles. The van der Waals surface area contributed by atoms with Crippen LogP contribution in [0.1, 0.15) is 30.9 Å². The lowest BCUT2D eigenvalue weighted by Crippen LogP contribution is -2.17. The topological polar surface area (TPSA) is 36.3 Å². The zero-order valence-electron chi connectivity index (χ0n) is 14.0. The molecule has 0 saturated carbocycles. The largest absolute Gasteiger partial charge is 0.463 e. The van der Waals surface area contributed by atoms with E-state index in [9.17, 15) is 0 Å². The molecule has 3 heteroatoms. The van der Waals surface area contributed by atoms with Crippen molar-refractivity contribution in [3.8, 4) is 6.07 Å². The monoisotopic (exact) mass is 316 g/mol. The van der Waals surface area contributed by atoms with Gasteiger partial charge in [0.15, 0.2) is 0 Å². The van der Waals surface area contributed by atoms with E-state index in [-0.39, 0.29) is 0 Å². The van der Waals surface area contributed by atoms with Crippen molar-refractivity contribution < 1.29 is 4.74 Å². The second kappa shape index (κ2) is 6.64. The Labute approximate surface area is 143 Å². The zero-order valence-corrected chi connectivity index (χ0v) is 14.0. The van der Waals surface area contributed by atoms with E-state index in [1.54, 1.807) is 0 Å². The molecule has 2 aliphatic rings. The summed E-state index contributed by atoms with van der Waals surface area (Å²) < 4.78 is 6.18. The smallest absolute Gasteiger partial charge is 0.129 e. The van der Waals surface area contributed by atoms with Crippen LogP contribution in [0.2, 0.25) is 0 Å². The molecule has 2 aliphatic heterocycles. The molecule has 2 heterocycles. The van der Waals surface area contributed by atoms with Crippen molar-refractivity contribution in [1.82, 2.24) is 4.90 Å². The van der Waals surface area contributed by atoms with Gasteiger partial charge in [-0.1, -0.05) is 42.5 Å². The quantitative estimate of drug-likeness (QED) is 0.771.